The van der Waals surface area contributed by atoms with Gasteiger partial charge in [0, 0.05) is 17.7 Å². The third kappa shape index (κ3) is 2.65. The molecule has 4 heteroatoms. The highest BCUT2D eigenvalue weighted by molar-refractivity contribution is 6.34. The predicted molar refractivity (Wildman–Crippen MR) is 76.8 cm³/mol. The molecule has 98 valence electrons. The van der Waals surface area contributed by atoms with Crippen LogP contribution in [0.15, 0.2) is 12.1 Å². The Morgan fingerprint density at radius 1 is 1.39 bits per heavy atom. The van der Waals surface area contributed by atoms with Gasteiger partial charge >= 0.3 is 0 Å². The summed E-state index contributed by atoms with van der Waals surface area (Å²) in [5, 5.41) is 3.49. The standard InChI is InChI=1S/C14H17Cl2NO/c1-14(2)8-12(18)17-13-10(14)6-9(4-3-5-15)7-11(13)16/h6-7H,3-5,8H2,1-2H3,(H,17,18). The fourth-order valence-electron chi connectivity index (χ4n) is 2.42. The minimum absolute atomic E-state index is 0.0305. The molecule has 1 aromatic carbocycles. The van der Waals surface area contributed by atoms with Gasteiger partial charge in [0.2, 0.25) is 5.91 Å². The van der Waals surface area contributed by atoms with Crippen LogP contribution in [0.2, 0.25) is 5.02 Å². The first-order valence-electron chi connectivity index (χ1n) is 6.13. The molecule has 2 rings (SSSR count). The second-order valence-corrected chi connectivity index (χ2v) is 6.19. The minimum atomic E-state index is -0.168. The molecular formula is C14H17Cl2NO. The molecule has 0 saturated carbocycles. The lowest BCUT2D eigenvalue weighted by Gasteiger charge is -2.33. The second-order valence-electron chi connectivity index (χ2n) is 5.40. The summed E-state index contributed by atoms with van der Waals surface area (Å²) in [6.45, 7) is 4.15. The minimum Gasteiger partial charge on any atom is -0.324 e. The number of hydrogen-bond acceptors (Lipinski definition) is 1. The van der Waals surface area contributed by atoms with Crippen LogP contribution < -0.4 is 5.32 Å². The molecule has 0 radical (unpaired) electrons. The lowest BCUT2D eigenvalue weighted by molar-refractivity contribution is -0.117. The maximum Gasteiger partial charge on any atom is 0.225 e. The lowest BCUT2D eigenvalue weighted by Crippen LogP contribution is -2.32. The zero-order valence-electron chi connectivity index (χ0n) is 10.6. The van der Waals surface area contributed by atoms with Gasteiger partial charge in [0.25, 0.3) is 0 Å². The van der Waals surface area contributed by atoms with E-state index in [1.165, 1.54) is 5.56 Å². The van der Waals surface area contributed by atoms with Crippen LogP contribution in [0, 0.1) is 0 Å². The number of benzene rings is 1. The number of amides is 1. The molecule has 1 heterocycles. The van der Waals surface area contributed by atoms with E-state index in [1.807, 2.05) is 6.07 Å². The van der Waals surface area contributed by atoms with Crippen molar-refractivity contribution in [2.45, 2.75) is 38.5 Å². The SMILES string of the molecule is CC1(C)CC(=O)Nc2c(Cl)cc(CCCCl)cc21. The van der Waals surface area contributed by atoms with Gasteiger partial charge in [0.1, 0.15) is 0 Å². The van der Waals surface area contributed by atoms with Crippen LogP contribution in [-0.4, -0.2) is 11.8 Å². The van der Waals surface area contributed by atoms with Gasteiger partial charge in [-0.05, 0) is 30.0 Å². The van der Waals surface area contributed by atoms with Crippen molar-refractivity contribution in [3.63, 3.8) is 0 Å². The van der Waals surface area contributed by atoms with Crippen molar-refractivity contribution in [3.05, 3.63) is 28.3 Å². The van der Waals surface area contributed by atoms with Crippen LogP contribution in [-0.2, 0) is 16.6 Å². The van der Waals surface area contributed by atoms with E-state index in [9.17, 15) is 4.79 Å². The second kappa shape index (κ2) is 5.10. The van der Waals surface area contributed by atoms with Gasteiger partial charge in [0.05, 0.1) is 10.7 Å². The van der Waals surface area contributed by atoms with Crippen molar-refractivity contribution in [2.24, 2.45) is 0 Å². The molecule has 1 N–H and O–H groups in total. The van der Waals surface area contributed by atoms with Gasteiger partial charge in [0.15, 0.2) is 0 Å². The number of aryl methyl sites for hydroxylation is 1. The summed E-state index contributed by atoms with van der Waals surface area (Å²) < 4.78 is 0. The highest BCUT2D eigenvalue weighted by atomic mass is 35.5. The number of halogens is 2. The zero-order chi connectivity index (χ0) is 13.3. The average Bonchev–Trinajstić information content (AvgIpc) is 2.27. The number of alkyl halides is 1. The molecule has 0 atom stereocenters. The Hall–Kier alpha value is -0.730. The van der Waals surface area contributed by atoms with Crippen LogP contribution in [0.3, 0.4) is 0 Å². The molecule has 1 aromatic rings. The summed E-state index contributed by atoms with van der Waals surface area (Å²) in [6, 6.07) is 4.07. The van der Waals surface area contributed by atoms with E-state index in [0.29, 0.717) is 17.3 Å². The molecule has 0 aromatic heterocycles. The van der Waals surface area contributed by atoms with Crippen molar-refractivity contribution in [2.75, 3.05) is 11.2 Å². The number of carbonyl (C=O) groups excluding carboxylic acids is 1. The Kier molecular flexibility index (Phi) is 3.88. The monoisotopic (exact) mass is 285 g/mol. The number of anilines is 1. The first-order valence-corrected chi connectivity index (χ1v) is 7.04. The van der Waals surface area contributed by atoms with E-state index in [1.54, 1.807) is 0 Å². The summed E-state index contributed by atoms with van der Waals surface area (Å²) in [6.07, 6.45) is 2.35. The molecule has 1 amide bonds. The quantitative estimate of drug-likeness (QED) is 0.832. The molecule has 0 saturated heterocycles. The Labute approximate surface area is 118 Å². The number of nitrogens with one attached hydrogen (secondary N) is 1. The van der Waals surface area contributed by atoms with E-state index < -0.39 is 0 Å². The summed E-state index contributed by atoms with van der Waals surface area (Å²) in [5.41, 5.74) is 2.91. The van der Waals surface area contributed by atoms with Gasteiger partial charge in [-0.15, -0.1) is 11.6 Å². The summed E-state index contributed by atoms with van der Waals surface area (Å²) in [7, 11) is 0. The third-order valence-electron chi connectivity index (χ3n) is 3.35. The molecule has 1 aliphatic rings. The molecule has 0 fully saturated rings. The molecule has 1 aliphatic heterocycles. The Bertz CT molecular complexity index is 483. The van der Waals surface area contributed by atoms with Gasteiger partial charge in [-0.1, -0.05) is 31.5 Å². The first-order chi connectivity index (χ1) is 8.44. The topological polar surface area (TPSA) is 29.1 Å². The summed E-state index contributed by atoms with van der Waals surface area (Å²) >= 11 is 12.0. The van der Waals surface area contributed by atoms with Crippen LogP contribution in [0.4, 0.5) is 5.69 Å². The Balaban J connectivity index is 2.44. The smallest absolute Gasteiger partial charge is 0.225 e. The Morgan fingerprint density at radius 3 is 2.78 bits per heavy atom. The lowest BCUT2D eigenvalue weighted by atomic mass is 9.77. The highest BCUT2D eigenvalue weighted by Gasteiger charge is 2.33. The van der Waals surface area contributed by atoms with E-state index in [-0.39, 0.29) is 11.3 Å². The van der Waals surface area contributed by atoms with Crippen molar-refractivity contribution in [1.82, 2.24) is 0 Å². The molecule has 0 bridgehead atoms. The molecule has 0 unspecified atom stereocenters. The molecule has 0 spiro atoms. The predicted octanol–water partition coefficient (Wildman–Crippen LogP) is 4.13. The number of hydrogen-bond donors (Lipinski definition) is 1. The fraction of sp³-hybridized carbons (Fsp3) is 0.500. The fourth-order valence-corrected chi connectivity index (χ4v) is 2.84. The van der Waals surface area contributed by atoms with Crippen LogP contribution in [0.25, 0.3) is 0 Å². The van der Waals surface area contributed by atoms with Gasteiger partial charge in [-0.2, -0.15) is 0 Å². The summed E-state index contributed by atoms with van der Waals surface area (Å²) in [4.78, 5) is 11.7. The van der Waals surface area contributed by atoms with E-state index >= 15 is 0 Å². The Morgan fingerprint density at radius 2 is 2.11 bits per heavy atom. The molecule has 2 nitrogen and oxygen atoms in total. The van der Waals surface area contributed by atoms with E-state index in [0.717, 1.165) is 24.1 Å². The van der Waals surface area contributed by atoms with Gasteiger partial charge in [-0.3, -0.25) is 4.79 Å². The third-order valence-corrected chi connectivity index (χ3v) is 3.91. The van der Waals surface area contributed by atoms with Crippen LogP contribution in [0.5, 0.6) is 0 Å². The van der Waals surface area contributed by atoms with Crippen LogP contribution in [0.1, 0.15) is 37.8 Å². The van der Waals surface area contributed by atoms with E-state index in [4.69, 9.17) is 23.2 Å². The van der Waals surface area contributed by atoms with Crippen molar-refractivity contribution in [1.29, 1.82) is 0 Å². The van der Waals surface area contributed by atoms with Crippen molar-refractivity contribution in [3.8, 4) is 0 Å². The maximum atomic E-state index is 11.7. The summed E-state index contributed by atoms with van der Waals surface area (Å²) in [5.74, 6) is 0.678. The molecule has 0 aliphatic carbocycles. The maximum absolute atomic E-state index is 11.7. The van der Waals surface area contributed by atoms with Crippen LogP contribution >= 0.6 is 23.2 Å². The first kappa shape index (κ1) is 13.7. The normalized spacial score (nSPS) is 17.2. The molecular weight excluding hydrogens is 269 g/mol. The highest BCUT2D eigenvalue weighted by Crippen LogP contribution is 2.41. The largest absolute Gasteiger partial charge is 0.324 e. The van der Waals surface area contributed by atoms with Crippen molar-refractivity contribution < 1.29 is 4.79 Å². The van der Waals surface area contributed by atoms with Gasteiger partial charge in [-0.25, -0.2) is 0 Å². The average molecular weight is 286 g/mol. The number of fused-ring (bicyclic) bond motifs is 1. The number of carbonyl (C=O) groups is 1. The number of rotatable bonds is 3. The van der Waals surface area contributed by atoms with E-state index in [2.05, 4.69) is 25.2 Å². The van der Waals surface area contributed by atoms with Crippen molar-refractivity contribution >= 4 is 34.8 Å². The van der Waals surface area contributed by atoms with Gasteiger partial charge < -0.3 is 5.32 Å². The molecule has 18 heavy (non-hydrogen) atoms. The zero-order valence-corrected chi connectivity index (χ0v) is 12.2.